The van der Waals surface area contributed by atoms with Gasteiger partial charge in [-0.15, -0.1) is 9.24 Å². The molecule has 0 heterocycles. The van der Waals surface area contributed by atoms with Gasteiger partial charge in [0.1, 0.15) is 0 Å². The molecule has 8 heavy (non-hydrogen) atoms. The third-order valence-electron chi connectivity index (χ3n) is 1.79. The Kier molecular flexibility index (Phi) is 4.56. The molecule has 1 heteroatoms. The van der Waals surface area contributed by atoms with E-state index in [0.29, 0.717) is 0 Å². The van der Waals surface area contributed by atoms with Gasteiger partial charge in [-0.3, -0.25) is 0 Å². The van der Waals surface area contributed by atoms with Crippen LogP contribution in [0.3, 0.4) is 0 Å². The summed E-state index contributed by atoms with van der Waals surface area (Å²) in [6, 6.07) is 0. The Labute approximate surface area is 55.3 Å². The molecule has 50 valence electrons. The first kappa shape index (κ1) is 8.43. The van der Waals surface area contributed by atoms with Crippen LogP contribution in [0.2, 0.25) is 0 Å². The van der Waals surface area contributed by atoms with Crippen LogP contribution >= 0.6 is 9.24 Å². The Hall–Kier alpha value is 0.430. The van der Waals surface area contributed by atoms with Gasteiger partial charge in [-0.2, -0.15) is 0 Å². The van der Waals surface area contributed by atoms with Crippen LogP contribution in [-0.2, 0) is 0 Å². The van der Waals surface area contributed by atoms with Gasteiger partial charge < -0.3 is 0 Å². The molecule has 0 radical (unpaired) electrons. The Bertz CT molecular complexity index is 46.3. The molecule has 0 saturated heterocycles. The third kappa shape index (κ3) is 2.67. The van der Waals surface area contributed by atoms with E-state index >= 15 is 0 Å². The lowest BCUT2D eigenvalue weighted by atomic mass is 10.0. The second-order valence-corrected chi connectivity index (χ2v) is 3.49. The van der Waals surface area contributed by atoms with Crippen LogP contribution in [0.15, 0.2) is 0 Å². The van der Waals surface area contributed by atoms with E-state index in [0.717, 1.165) is 11.6 Å². The summed E-state index contributed by atoms with van der Waals surface area (Å²) in [6.45, 7) is 6.78. The van der Waals surface area contributed by atoms with Crippen molar-refractivity contribution < 1.29 is 0 Å². The van der Waals surface area contributed by atoms with Crippen LogP contribution in [0, 0.1) is 5.92 Å². The normalized spacial score (nSPS) is 14.6. The predicted octanol–water partition coefficient (Wildman–Crippen LogP) is 2.69. The van der Waals surface area contributed by atoms with E-state index in [4.69, 9.17) is 0 Å². The third-order valence-corrected chi connectivity index (χ3v) is 2.34. The molecule has 0 nitrogen and oxygen atoms in total. The number of rotatable bonds is 3. The molecule has 0 N–H and O–H groups in total. The van der Waals surface area contributed by atoms with E-state index in [2.05, 4.69) is 30.0 Å². The maximum absolute atomic E-state index is 2.86. The fourth-order valence-corrected chi connectivity index (χ4v) is 1.58. The Morgan fingerprint density at radius 1 is 1.25 bits per heavy atom. The highest BCUT2D eigenvalue weighted by Crippen LogP contribution is 2.18. The molecule has 0 aliphatic carbocycles. The molecule has 0 saturated carbocycles. The van der Waals surface area contributed by atoms with Crippen LogP contribution in [0.5, 0.6) is 0 Å². The SMILES string of the molecule is CCC(CC)C(C)P. The summed E-state index contributed by atoms with van der Waals surface area (Å²) in [5, 5.41) is 0. The van der Waals surface area contributed by atoms with Gasteiger partial charge in [-0.25, -0.2) is 0 Å². The van der Waals surface area contributed by atoms with Crippen molar-refractivity contribution in [1.82, 2.24) is 0 Å². The van der Waals surface area contributed by atoms with E-state index in [1.165, 1.54) is 12.8 Å². The largest absolute Gasteiger partial charge is 0.134 e. The van der Waals surface area contributed by atoms with Crippen molar-refractivity contribution in [3.8, 4) is 0 Å². The van der Waals surface area contributed by atoms with Crippen molar-refractivity contribution in [2.24, 2.45) is 5.92 Å². The van der Waals surface area contributed by atoms with Crippen molar-refractivity contribution >= 4 is 9.24 Å². The summed E-state index contributed by atoms with van der Waals surface area (Å²) in [5.41, 5.74) is 0.796. The number of hydrogen-bond donors (Lipinski definition) is 0. The summed E-state index contributed by atoms with van der Waals surface area (Å²) in [4.78, 5) is 0. The number of hydrogen-bond acceptors (Lipinski definition) is 0. The van der Waals surface area contributed by atoms with E-state index in [1.54, 1.807) is 0 Å². The second kappa shape index (κ2) is 4.32. The molecule has 0 aliphatic rings. The highest BCUT2D eigenvalue weighted by atomic mass is 31.0. The molecule has 0 aromatic rings. The first-order valence-electron chi connectivity index (χ1n) is 3.47. The van der Waals surface area contributed by atoms with Crippen molar-refractivity contribution in [3.05, 3.63) is 0 Å². The molecule has 2 atom stereocenters. The minimum atomic E-state index is 0.796. The van der Waals surface area contributed by atoms with E-state index in [9.17, 15) is 0 Å². The van der Waals surface area contributed by atoms with Gasteiger partial charge in [0.2, 0.25) is 0 Å². The quantitative estimate of drug-likeness (QED) is 0.518. The Morgan fingerprint density at radius 2 is 1.62 bits per heavy atom. The average molecular weight is 132 g/mol. The molecular weight excluding hydrogens is 115 g/mol. The van der Waals surface area contributed by atoms with Gasteiger partial charge in [0.05, 0.1) is 0 Å². The molecule has 0 fully saturated rings. The highest BCUT2D eigenvalue weighted by Gasteiger charge is 2.06. The summed E-state index contributed by atoms with van der Waals surface area (Å²) < 4.78 is 0. The van der Waals surface area contributed by atoms with Crippen LogP contribution in [0.1, 0.15) is 33.6 Å². The lowest BCUT2D eigenvalue weighted by Crippen LogP contribution is -2.07. The maximum atomic E-state index is 2.86. The zero-order valence-corrected chi connectivity index (χ0v) is 7.30. The summed E-state index contributed by atoms with van der Waals surface area (Å²) in [5.74, 6) is 0.917. The van der Waals surface area contributed by atoms with Gasteiger partial charge >= 0.3 is 0 Å². The van der Waals surface area contributed by atoms with Crippen LogP contribution in [-0.4, -0.2) is 5.66 Å². The van der Waals surface area contributed by atoms with Crippen LogP contribution < -0.4 is 0 Å². The zero-order valence-electron chi connectivity index (χ0n) is 6.15. The second-order valence-electron chi connectivity index (χ2n) is 2.44. The summed E-state index contributed by atoms with van der Waals surface area (Å²) in [6.07, 6.45) is 2.64. The highest BCUT2D eigenvalue weighted by molar-refractivity contribution is 7.17. The Balaban J connectivity index is 3.35. The minimum Gasteiger partial charge on any atom is -0.134 e. The first-order chi connectivity index (χ1) is 3.72. The monoisotopic (exact) mass is 132 g/mol. The van der Waals surface area contributed by atoms with Crippen molar-refractivity contribution in [2.75, 3.05) is 0 Å². The standard InChI is InChI=1S/C7H17P/c1-4-7(5-2)6(3)8/h6-7H,4-5,8H2,1-3H3. The maximum Gasteiger partial charge on any atom is -0.0265 e. The topological polar surface area (TPSA) is 0 Å². The van der Waals surface area contributed by atoms with Gasteiger partial charge in [-0.1, -0.05) is 33.6 Å². The van der Waals surface area contributed by atoms with Crippen molar-refractivity contribution in [3.63, 3.8) is 0 Å². The molecule has 0 aliphatic heterocycles. The minimum absolute atomic E-state index is 0.796. The fourth-order valence-electron chi connectivity index (χ4n) is 1.03. The summed E-state index contributed by atoms with van der Waals surface area (Å²) in [7, 11) is 2.86. The molecule has 0 aromatic heterocycles. The van der Waals surface area contributed by atoms with Gasteiger partial charge in [-0.05, 0) is 11.6 Å². The molecule has 0 spiro atoms. The van der Waals surface area contributed by atoms with E-state index in [-0.39, 0.29) is 0 Å². The van der Waals surface area contributed by atoms with Gasteiger partial charge in [0.15, 0.2) is 0 Å². The molecule has 2 unspecified atom stereocenters. The van der Waals surface area contributed by atoms with Gasteiger partial charge in [0.25, 0.3) is 0 Å². The van der Waals surface area contributed by atoms with Crippen LogP contribution in [0.25, 0.3) is 0 Å². The predicted molar refractivity (Wildman–Crippen MR) is 43.2 cm³/mol. The molecule has 0 bridgehead atoms. The summed E-state index contributed by atoms with van der Waals surface area (Å²) >= 11 is 0. The van der Waals surface area contributed by atoms with E-state index < -0.39 is 0 Å². The molecule has 0 amide bonds. The average Bonchev–Trinajstić information content (AvgIpc) is 1.69. The molecular formula is C7H17P. The fraction of sp³-hybridized carbons (Fsp3) is 1.00. The van der Waals surface area contributed by atoms with Crippen LogP contribution in [0.4, 0.5) is 0 Å². The smallest absolute Gasteiger partial charge is 0.0265 e. The lowest BCUT2D eigenvalue weighted by molar-refractivity contribution is 0.489. The van der Waals surface area contributed by atoms with Gasteiger partial charge in [0, 0.05) is 0 Å². The van der Waals surface area contributed by atoms with E-state index in [1.807, 2.05) is 0 Å². The zero-order chi connectivity index (χ0) is 6.57. The first-order valence-corrected chi connectivity index (χ1v) is 4.14. The molecule has 0 rings (SSSR count). The lowest BCUT2D eigenvalue weighted by Gasteiger charge is -2.15. The molecule has 0 aromatic carbocycles. The van der Waals surface area contributed by atoms with Crippen molar-refractivity contribution in [1.29, 1.82) is 0 Å². The van der Waals surface area contributed by atoms with Crippen molar-refractivity contribution in [2.45, 2.75) is 39.3 Å². The Morgan fingerprint density at radius 3 is 1.62 bits per heavy atom.